The highest BCUT2D eigenvalue weighted by Gasteiger charge is 2.16. The number of likely N-dealkylation sites (tertiary alicyclic amines) is 1. The van der Waals surface area contributed by atoms with Crippen molar-refractivity contribution >= 4 is 35.9 Å². The molecule has 0 aromatic carbocycles. The van der Waals surface area contributed by atoms with Gasteiger partial charge in [-0.3, -0.25) is 9.79 Å². The molecule has 1 aliphatic rings. The zero-order chi connectivity index (χ0) is 17.6. The van der Waals surface area contributed by atoms with Gasteiger partial charge in [-0.05, 0) is 52.5 Å². The largest absolute Gasteiger partial charge is 0.469 e. The second-order valence-corrected chi connectivity index (χ2v) is 6.45. The fourth-order valence-corrected chi connectivity index (χ4v) is 3.00. The first kappa shape index (κ1) is 24.4. The molecule has 0 aromatic rings. The van der Waals surface area contributed by atoms with Crippen LogP contribution in [0.2, 0.25) is 0 Å². The predicted octanol–water partition coefficient (Wildman–Crippen LogP) is 2.77. The number of guanidine groups is 1. The highest BCUT2D eigenvalue weighted by Crippen LogP contribution is 2.16. The molecule has 25 heavy (non-hydrogen) atoms. The molecule has 148 valence electrons. The van der Waals surface area contributed by atoms with Crippen LogP contribution < -0.4 is 10.6 Å². The van der Waals surface area contributed by atoms with Crippen LogP contribution in [0.4, 0.5) is 0 Å². The van der Waals surface area contributed by atoms with Crippen molar-refractivity contribution < 1.29 is 9.53 Å². The van der Waals surface area contributed by atoms with Gasteiger partial charge in [-0.1, -0.05) is 6.42 Å². The summed E-state index contributed by atoms with van der Waals surface area (Å²) in [6.45, 7) is 9.32. The number of piperidine rings is 1. The number of esters is 1. The highest BCUT2D eigenvalue weighted by molar-refractivity contribution is 14.0. The molecule has 7 heteroatoms. The third-order valence-electron chi connectivity index (χ3n) is 4.49. The van der Waals surface area contributed by atoms with Crippen LogP contribution in [0.5, 0.6) is 0 Å². The minimum absolute atomic E-state index is 0. The third kappa shape index (κ3) is 11.6. The van der Waals surface area contributed by atoms with Crippen molar-refractivity contribution in [2.24, 2.45) is 4.99 Å². The molecule has 0 aliphatic carbocycles. The Labute approximate surface area is 170 Å². The quantitative estimate of drug-likeness (QED) is 0.170. The van der Waals surface area contributed by atoms with Crippen molar-refractivity contribution in [3.63, 3.8) is 0 Å². The minimum atomic E-state index is -0.137. The molecule has 0 saturated carbocycles. The highest BCUT2D eigenvalue weighted by atomic mass is 127. The number of halogens is 1. The van der Waals surface area contributed by atoms with Gasteiger partial charge in [0.25, 0.3) is 0 Å². The number of aliphatic imine (C=N–C) groups is 1. The smallest absolute Gasteiger partial charge is 0.305 e. The molecule has 1 heterocycles. The number of methoxy groups -OCH3 is 1. The van der Waals surface area contributed by atoms with Crippen molar-refractivity contribution in [3.8, 4) is 0 Å². The number of ether oxygens (including phenoxy) is 1. The van der Waals surface area contributed by atoms with E-state index >= 15 is 0 Å². The van der Waals surface area contributed by atoms with Crippen molar-refractivity contribution in [1.29, 1.82) is 0 Å². The van der Waals surface area contributed by atoms with Gasteiger partial charge < -0.3 is 20.3 Å². The summed E-state index contributed by atoms with van der Waals surface area (Å²) in [4.78, 5) is 18.3. The van der Waals surface area contributed by atoms with E-state index in [1.165, 1.54) is 32.9 Å². The van der Waals surface area contributed by atoms with Crippen molar-refractivity contribution in [2.75, 3.05) is 39.8 Å². The number of unbranched alkanes of at least 4 members (excludes halogenated alkanes) is 1. The number of nitrogens with one attached hydrogen (secondary N) is 2. The molecule has 0 spiro atoms. The van der Waals surface area contributed by atoms with Gasteiger partial charge >= 0.3 is 5.97 Å². The molecule has 1 fully saturated rings. The Morgan fingerprint density at radius 1 is 1.24 bits per heavy atom. The monoisotopic (exact) mass is 468 g/mol. The van der Waals surface area contributed by atoms with Crippen LogP contribution in [-0.2, 0) is 9.53 Å². The lowest BCUT2D eigenvalue weighted by atomic mass is 10.0. The molecule has 6 nitrogen and oxygen atoms in total. The van der Waals surface area contributed by atoms with Crippen LogP contribution in [0.3, 0.4) is 0 Å². The van der Waals surface area contributed by atoms with Gasteiger partial charge in [0.15, 0.2) is 5.96 Å². The first-order valence-electron chi connectivity index (χ1n) is 9.50. The first-order valence-corrected chi connectivity index (χ1v) is 9.50. The zero-order valence-corrected chi connectivity index (χ0v) is 18.5. The topological polar surface area (TPSA) is 66.0 Å². The van der Waals surface area contributed by atoms with Gasteiger partial charge in [-0.15, -0.1) is 24.0 Å². The average Bonchev–Trinajstić information content (AvgIpc) is 2.59. The van der Waals surface area contributed by atoms with Gasteiger partial charge in [-0.2, -0.15) is 0 Å². The van der Waals surface area contributed by atoms with Crippen molar-refractivity contribution in [2.45, 2.75) is 64.8 Å². The summed E-state index contributed by atoms with van der Waals surface area (Å²) in [6.07, 6.45) is 7.41. The Balaban J connectivity index is 0.00000576. The Bertz CT molecular complexity index is 380. The summed E-state index contributed by atoms with van der Waals surface area (Å²) in [5, 5.41) is 6.61. The maximum Gasteiger partial charge on any atom is 0.305 e. The summed E-state index contributed by atoms with van der Waals surface area (Å²) in [5.41, 5.74) is 0. The molecule has 1 atom stereocenters. The van der Waals surface area contributed by atoms with E-state index in [4.69, 9.17) is 0 Å². The fourth-order valence-electron chi connectivity index (χ4n) is 3.00. The third-order valence-corrected chi connectivity index (χ3v) is 4.49. The minimum Gasteiger partial charge on any atom is -0.469 e. The lowest BCUT2D eigenvalue weighted by molar-refractivity contribution is -0.140. The summed E-state index contributed by atoms with van der Waals surface area (Å²) >= 11 is 0. The second-order valence-electron chi connectivity index (χ2n) is 6.45. The van der Waals surface area contributed by atoms with Gasteiger partial charge in [0.1, 0.15) is 0 Å². The molecular formula is C18H37IN4O2. The van der Waals surface area contributed by atoms with Gasteiger partial charge in [0, 0.05) is 38.6 Å². The Morgan fingerprint density at radius 2 is 2.04 bits per heavy atom. The maximum atomic E-state index is 11.1. The van der Waals surface area contributed by atoms with Crippen LogP contribution in [0.15, 0.2) is 4.99 Å². The van der Waals surface area contributed by atoms with E-state index in [1.54, 1.807) is 0 Å². The average molecular weight is 468 g/mol. The normalized spacial score (nSPS) is 18.4. The van der Waals surface area contributed by atoms with Gasteiger partial charge in [0.2, 0.25) is 0 Å². The molecular weight excluding hydrogens is 431 g/mol. The van der Waals surface area contributed by atoms with E-state index in [2.05, 4.69) is 39.1 Å². The summed E-state index contributed by atoms with van der Waals surface area (Å²) in [7, 11) is 1.43. The zero-order valence-electron chi connectivity index (χ0n) is 16.2. The molecule has 0 amide bonds. The summed E-state index contributed by atoms with van der Waals surface area (Å²) in [6, 6.07) is 0.726. The van der Waals surface area contributed by atoms with Crippen molar-refractivity contribution in [1.82, 2.24) is 15.5 Å². The molecule has 0 radical (unpaired) electrons. The Morgan fingerprint density at radius 3 is 2.72 bits per heavy atom. The molecule has 1 saturated heterocycles. The van der Waals surface area contributed by atoms with Gasteiger partial charge in [-0.25, -0.2) is 0 Å². The second kappa shape index (κ2) is 15.7. The van der Waals surface area contributed by atoms with Gasteiger partial charge in [0.05, 0.1) is 7.11 Å². The predicted molar refractivity (Wildman–Crippen MR) is 115 cm³/mol. The SMILES string of the molecule is CCNC(=NCCCN1CCCCC1C)NCCCCC(=O)OC.I. The Hall–Kier alpha value is -0.570. The molecule has 2 N–H and O–H groups in total. The van der Waals surface area contributed by atoms with Crippen LogP contribution in [-0.4, -0.2) is 62.7 Å². The Kier molecular flexibility index (Phi) is 15.3. The standard InChI is InChI=1S/C18H36N4O2.HI/c1-4-19-18(20-12-7-5-11-17(23)24-3)21-13-9-15-22-14-8-6-10-16(22)2;/h16H,4-15H2,1-3H3,(H2,19,20,21);1H. The van der Waals surface area contributed by atoms with Crippen LogP contribution in [0.1, 0.15) is 58.8 Å². The van der Waals surface area contributed by atoms with E-state index in [9.17, 15) is 4.79 Å². The van der Waals surface area contributed by atoms with E-state index < -0.39 is 0 Å². The number of carbonyl (C=O) groups is 1. The maximum absolute atomic E-state index is 11.1. The lowest BCUT2D eigenvalue weighted by Crippen LogP contribution is -2.39. The van der Waals surface area contributed by atoms with E-state index in [1.807, 2.05) is 0 Å². The number of hydrogen-bond acceptors (Lipinski definition) is 4. The first-order chi connectivity index (χ1) is 11.7. The molecule has 0 aromatic heterocycles. The lowest BCUT2D eigenvalue weighted by Gasteiger charge is -2.33. The molecule has 1 unspecified atom stereocenters. The molecule has 1 aliphatic heterocycles. The van der Waals surface area contributed by atoms with Crippen LogP contribution >= 0.6 is 24.0 Å². The van der Waals surface area contributed by atoms with E-state index in [-0.39, 0.29) is 29.9 Å². The number of carbonyl (C=O) groups excluding carboxylic acids is 1. The molecule has 0 bridgehead atoms. The fraction of sp³-hybridized carbons (Fsp3) is 0.889. The summed E-state index contributed by atoms with van der Waals surface area (Å²) in [5.74, 6) is 0.741. The van der Waals surface area contributed by atoms with E-state index in [0.29, 0.717) is 6.42 Å². The number of hydrogen-bond donors (Lipinski definition) is 2. The summed E-state index contributed by atoms with van der Waals surface area (Å²) < 4.78 is 4.64. The van der Waals surface area contributed by atoms with Crippen LogP contribution in [0.25, 0.3) is 0 Å². The molecule has 1 rings (SSSR count). The van der Waals surface area contributed by atoms with E-state index in [0.717, 1.165) is 57.4 Å². The number of rotatable bonds is 10. The van der Waals surface area contributed by atoms with Crippen LogP contribution in [0, 0.1) is 0 Å². The van der Waals surface area contributed by atoms with Crippen molar-refractivity contribution in [3.05, 3.63) is 0 Å². The number of nitrogens with zero attached hydrogens (tertiary/aromatic N) is 2.